The van der Waals surface area contributed by atoms with Gasteiger partial charge in [0.1, 0.15) is 0 Å². The highest BCUT2D eigenvalue weighted by Crippen LogP contribution is 2.18. The van der Waals surface area contributed by atoms with E-state index in [0.717, 1.165) is 22.0 Å². The number of hydrogen-bond donors (Lipinski definition) is 2. The third-order valence-electron chi connectivity index (χ3n) is 5.23. The molecule has 0 aliphatic carbocycles. The quantitative estimate of drug-likeness (QED) is 0.315. The smallest absolute Gasteiger partial charge is 0.323 e. The van der Waals surface area contributed by atoms with E-state index in [9.17, 15) is 0 Å². The second kappa shape index (κ2) is 10.0. The molecule has 1 aliphatic heterocycles. The van der Waals surface area contributed by atoms with E-state index in [0.29, 0.717) is 51.2 Å². The SMILES string of the molecule is C(=N/Nc1nc(OCCc2cccnc2)nc(N2CCOCC2)n1)/c1c[nH]c2ccccc12. The van der Waals surface area contributed by atoms with Crippen molar-refractivity contribution in [2.24, 2.45) is 5.10 Å². The number of nitrogens with zero attached hydrogens (tertiary/aromatic N) is 6. The number of fused-ring (bicyclic) bond motifs is 1. The topological polar surface area (TPSA) is 113 Å². The number of hydrogen-bond acceptors (Lipinski definition) is 9. The van der Waals surface area contributed by atoms with E-state index in [-0.39, 0.29) is 6.01 Å². The summed E-state index contributed by atoms with van der Waals surface area (Å²) in [6, 6.07) is 12.2. The van der Waals surface area contributed by atoms with E-state index in [1.165, 1.54) is 0 Å². The Hall–Kier alpha value is -4.05. The summed E-state index contributed by atoms with van der Waals surface area (Å²) in [6.45, 7) is 3.10. The lowest BCUT2D eigenvalue weighted by molar-refractivity contribution is 0.122. The second-order valence-electron chi connectivity index (χ2n) is 7.46. The zero-order chi connectivity index (χ0) is 22.3. The zero-order valence-corrected chi connectivity index (χ0v) is 18.0. The number of aromatic amines is 1. The van der Waals surface area contributed by atoms with Gasteiger partial charge >= 0.3 is 6.01 Å². The van der Waals surface area contributed by atoms with E-state index in [1.807, 2.05) is 53.7 Å². The first-order chi connectivity index (χ1) is 16.3. The van der Waals surface area contributed by atoms with Crippen LogP contribution in [-0.4, -0.2) is 64.0 Å². The molecule has 1 saturated heterocycles. The maximum Gasteiger partial charge on any atom is 0.323 e. The average Bonchev–Trinajstić information content (AvgIpc) is 3.28. The molecule has 33 heavy (non-hydrogen) atoms. The predicted octanol–water partition coefficient (Wildman–Crippen LogP) is 2.65. The molecule has 4 aromatic rings. The largest absolute Gasteiger partial charge is 0.463 e. The van der Waals surface area contributed by atoms with Gasteiger partial charge in [0, 0.05) is 54.6 Å². The molecule has 2 N–H and O–H groups in total. The highest BCUT2D eigenvalue weighted by Gasteiger charge is 2.17. The van der Waals surface area contributed by atoms with Gasteiger partial charge in [-0.15, -0.1) is 0 Å². The van der Waals surface area contributed by atoms with Gasteiger partial charge < -0.3 is 19.4 Å². The molecule has 0 spiro atoms. The molecule has 4 heterocycles. The maximum atomic E-state index is 5.85. The number of aromatic nitrogens is 5. The van der Waals surface area contributed by atoms with Crippen molar-refractivity contribution < 1.29 is 9.47 Å². The molecule has 0 atom stereocenters. The van der Waals surface area contributed by atoms with Gasteiger partial charge in [0.15, 0.2) is 0 Å². The van der Waals surface area contributed by atoms with E-state index in [2.05, 4.69) is 35.4 Å². The number of anilines is 2. The number of H-pyrrole nitrogens is 1. The molecule has 1 fully saturated rings. The van der Waals surface area contributed by atoms with E-state index in [4.69, 9.17) is 9.47 Å². The number of morpholine rings is 1. The lowest BCUT2D eigenvalue weighted by Gasteiger charge is -2.26. The Balaban J connectivity index is 1.31. The Morgan fingerprint density at radius 2 is 2.03 bits per heavy atom. The van der Waals surface area contributed by atoms with Crippen molar-refractivity contribution in [1.29, 1.82) is 0 Å². The van der Waals surface area contributed by atoms with Gasteiger partial charge in [-0.25, -0.2) is 5.43 Å². The van der Waals surface area contributed by atoms with Gasteiger partial charge in [0.2, 0.25) is 5.95 Å². The molecule has 0 radical (unpaired) electrons. The highest BCUT2D eigenvalue weighted by atomic mass is 16.5. The minimum atomic E-state index is 0.250. The molecule has 3 aromatic heterocycles. The molecular formula is C23H24N8O2. The van der Waals surface area contributed by atoms with Crippen LogP contribution in [0.15, 0.2) is 60.1 Å². The first-order valence-electron chi connectivity index (χ1n) is 10.8. The van der Waals surface area contributed by atoms with Crippen molar-refractivity contribution in [2.75, 3.05) is 43.2 Å². The first kappa shape index (κ1) is 20.8. The van der Waals surface area contributed by atoms with Crippen LogP contribution in [-0.2, 0) is 11.2 Å². The number of hydrazone groups is 1. The second-order valence-corrected chi connectivity index (χ2v) is 7.46. The van der Waals surface area contributed by atoms with Crippen LogP contribution in [0.5, 0.6) is 6.01 Å². The molecule has 5 rings (SSSR count). The highest BCUT2D eigenvalue weighted by molar-refractivity contribution is 5.99. The molecule has 1 aliphatic rings. The van der Waals surface area contributed by atoms with Gasteiger partial charge in [-0.3, -0.25) is 4.98 Å². The van der Waals surface area contributed by atoms with Gasteiger partial charge in [0.05, 0.1) is 26.0 Å². The molecular weight excluding hydrogens is 420 g/mol. The molecule has 168 valence electrons. The van der Waals surface area contributed by atoms with E-state index >= 15 is 0 Å². The minimum Gasteiger partial charge on any atom is -0.463 e. The number of pyridine rings is 1. The van der Waals surface area contributed by atoms with E-state index in [1.54, 1.807) is 12.4 Å². The van der Waals surface area contributed by atoms with E-state index < -0.39 is 0 Å². The van der Waals surface area contributed by atoms with Crippen molar-refractivity contribution in [2.45, 2.75) is 6.42 Å². The molecule has 0 unspecified atom stereocenters. The summed E-state index contributed by atoms with van der Waals surface area (Å²) < 4.78 is 11.3. The molecule has 0 saturated carbocycles. The molecule has 10 nitrogen and oxygen atoms in total. The van der Waals surface area contributed by atoms with Crippen LogP contribution in [0.3, 0.4) is 0 Å². The van der Waals surface area contributed by atoms with Crippen molar-refractivity contribution >= 4 is 29.0 Å². The summed E-state index contributed by atoms with van der Waals surface area (Å²) in [6.07, 6.45) is 7.92. The monoisotopic (exact) mass is 444 g/mol. The maximum absolute atomic E-state index is 5.85. The fraction of sp³-hybridized carbons (Fsp3) is 0.261. The van der Waals surface area contributed by atoms with Crippen molar-refractivity contribution in [1.82, 2.24) is 24.9 Å². The number of ether oxygens (including phenoxy) is 2. The van der Waals surface area contributed by atoms with Gasteiger partial charge in [-0.1, -0.05) is 24.3 Å². The summed E-state index contributed by atoms with van der Waals surface area (Å²) >= 11 is 0. The third-order valence-corrected chi connectivity index (χ3v) is 5.23. The lowest BCUT2D eigenvalue weighted by atomic mass is 10.2. The molecule has 10 heteroatoms. The normalized spacial score (nSPS) is 14.1. The Morgan fingerprint density at radius 1 is 1.12 bits per heavy atom. The van der Waals surface area contributed by atoms with Gasteiger partial charge in [0.25, 0.3) is 5.95 Å². The van der Waals surface area contributed by atoms with Crippen molar-refractivity contribution in [3.63, 3.8) is 0 Å². The van der Waals surface area contributed by atoms with Crippen LogP contribution in [0.25, 0.3) is 10.9 Å². The van der Waals surface area contributed by atoms with Crippen molar-refractivity contribution in [3.05, 3.63) is 66.1 Å². The Labute approximate surface area is 190 Å². The molecule has 0 bridgehead atoms. The van der Waals surface area contributed by atoms with Crippen molar-refractivity contribution in [3.8, 4) is 6.01 Å². The Kier molecular flexibility index (Phi) is 6.34. The number of rotatable bonds is 8. The standard InChI is InChI=1S/C23H24N8O2/c1-2-6-20-19(5-1)18(15-25-20)16-26-30-21-27-22(31-9-12-32-13-10-31)29-23(28-21)33-11-7-17-4-3-8-24-14-17/h1-6,8,14-16,25H,7,9-13H2,(H,27,28,29,30)/b26-16-. The van der Waals surface area contributed by atoms with Crippen LogP contribution in [0.2, 0.25) is 0 Å². The van der Waals surface area contributed by atoms with Crippen LogP contribution in [0, 0.1) is 0 Å². The predicted molar refractivity (Wildman–Crippen MR) is 126 cm³/mol. The molecule has 0 amide bonds. The Bertz CT molecular complexity index is 1220. The van der Waals surface area contributed by atoms with Crippen LogP contribution < -0.4 is 15.1 Å². The minimum absolute atomic E-state index is 0.250. The van der Waals surface area contributed by atoms with Crippen LogP contribution in [0.1, 0.15) is 11.1 Å². The average molecular weight is 444 g/mol. The molecule has 1 aromatic carbocycles. The lowest BCUT2D eigenvalue weighted by Crippen LogP contribution is -2.37. The number of nitrogens with one attached hydrogen (secondary N) is 2. The van der Waals surface area contributed by atoms with Gasteiger partial charge in [-0.05, 0) is 17.7 Å². The number of benzene rings is 1. The van der Waals surface area contributed by atoms with Gasteiger partial charge in [-0.2, -0.15) is 20.1 Å². The Morgan fingerprint density at radius 3 is 2.91 bits per heavy atom. The summed E-state index contributed by atoms with van der Waals surface area (Å²) in [5, 5.41) is 5.42. The fourth-order valence-electron chi connectivity index (χ4n) is 3.53. The summed E-state index contributed by atoms with van der Waals surface area (Å²) in [5.41, 5.74) is 6.03. The summed E-state index contributed by atoms with van der Waals surface area (Å²) in [5.74, 6) is 0.855. The first-order valence-corrected chi connectivity index (χ1v) is 10.8. The number of para-hydroxylation sites is 1. The fourth-order valence-corrected chi connectivity index (χ4v) is 3.53. The van der Waals surface area contributed by atoms with Crippen LogP contribution >= 0.6 is 0 Å². The third kappa shape index (κ3) is 5.24. The van der Waals surface area contributed by atoms with Crippen LogP contribution in [0.4, 0.5) is 11.9 Å². The summed E-state index contributed by atoms with van der Waals surface area (Å²) in [7, 11) is 0. The zero-order valence-electron chi connectivity index (χ0n) is 18.0. The summed E-state index contributed by atoms with van der Waals surface area (Å²) in [4.78, 5) is 22.8.